The van der Waals surface area contributed by atoms with E-state index in [-0.39, 0.29) is 11.2 Å². The number of carbonyl (C=O) groups is 1. The van der Waals surface area contributed by atoms with Crippen LogP contribution in [-0.4, -0.2) is 28.2 Å². The molecule has 2 atom stereocenters. The highest BCUT2D eigenvalue weighted by Gasteiger charge is 2.11. The standard InChI is InChI=1S/C12H15BrClNO2S/c1-8(18(2)17)5-6-15-12(16)10-7-9(14)3-4-11(10)13/h3-4,7-8H,5-6H2,1-2H3,(H,15,16). The molecule has 0 aliphatic carbocycles. The zero-order valence-electron chi connectivity index (χ0n) is 10.2. The van der Waals surface area contributed by atoms with Crippen molar-refractivity contribution in [2.24, 2.45) is 0 Å². The maximum Gasteiger partial charge on any atom is 0.252 e. The molecule has 1 rings (SSSR count). The Morgan fingerprint density at radius 1 is 1.56 bits per heavy atom. The minimum atomic E-state index is -0.859. The summed E-state index contributed by atoms with van der Waals surface area (Å²) < 4.78 is 11.9. The Bertz CT molecular complexity index is 467. The largest absolute Gasteiger partial charge is 0.352 e. The number of amides is 1. The Labute approximate surface area is 123 Å². The van der Waals surface area contributed by atoms with Gasteiger partial charge < -0.3 is 5.32 Å². The number of hydrogen-bond donors (Lipinski definition) is 1. The third-order valence-corrected chi connectivity index (χ3v) is 4.87. The lowest BCUT2D eigenvalue weighted by atomic mass is 10.2. The second kappa shape index (κ2) is 7.26. The van der Waals surface area contributed by atoms with Crippen molar-refractivity contribution in [1.29, 1.82) is 0 Å². The van der Waals surface area contributed by atoms with Crippen molar-refractivity contribution in [2.75, 3.05) is 12.8 Å². The molecule has 6 heteroatoms. The second-order valence-corrected chi connectivity index (χ2v) is 7.07. The van der Waals surface area contributed by atoms with Gasteiger partial charge in [0.15, 0.2) is 0 Å². The van der Waals surface area contributed by atoms with E-state index in [2.05, 4.69) is 21.2 Å². The van der Waals surface area contributed by atoms with Gasteiger partial charge in [-0.1, -0.05) is 18.5 Å². The molecule has 0 aromatic heterocycles. The Balaban J connectivity index is 2.55. The molecular formula is C12H15BrClNO2S. The first-order valence-electron chi connectivity index (χ1n) is 5.47. The molecular weight excluding hydrogens is 338 g/mol. The monoisotopic (exact) mass is 351 g/mol. The highest BCUT2D eigenvalue weighted by molar-refractivity contribution is 9.10. The Morgan fingerprint density at radius 2 is 2.22 bits per heavy atom. The fourth-order valence-corrected chi connectivity index (χ4v) is 2.37. The van der Waals surface area contributed by atoms with Crippen LogP contribution in [0.15, 0.2) is 22.7 Å². The van der Waals surface area contributed by atoms with Gasteiger partial charge in [-0.15, -0.1) is 0 Å². The molecule has 1 N–H and O–H groups in total. The Hall–Kier alpha value is -0.390. The molecule has 18 heavy (non-hydrogen) atoms. The van der Waals surface area contributed by atoms with E-state index in [0.29, 0.717) is 28.0 Å². The van der Waals surface area contributed by atoms with E-state index in [4.69, 9.17) is 11.6 Å². The van der Waals surface area contributed by atoms with Crippen molar-refractivity contribution in [3.8, 4) is 0 Å². The van der Waals surface area contributed by atoms with Gasteiger partial charge in [-0.05, 0) is 40.5 Å². The first kappa shape index (κ1) is 15.7. The van der Waals surface area contributed by atoms with Crippen molar-refractivity contribution in [1.82, 2.24) is 5.32 Å². The predicted octanol–water partition coefficient (Wildman–Crippen LogP) is 2.99. The second-order valence-electron chi connectivity index (χ2n) is 3.98. The summed E-state index contributed by atoms with van der Waals surface area (Å²) in [5.74, 6) is -0.182. The van der Waals surface area contributed by atoms with Crippen LogP contribution < -0.4 is 5.32 Å². The minimum absolute atomic E-state index is 0.0769. The van der Waals surface area contributed by atoms with Crippen LogP contribution in [0.1, 0.15) is 23.7 Å². The molecule has 0 spiro atoms. The number of benzene rings is 1. The van der Waals surface area contributed by atoms with Crippen molar-refractivity contribution < 1.29 is 9.00 Å². The average molecular weight is 353 g/mol. The van der Waals surface area contributed by atoms with E-state index in [1.54, 1.807) is 24.5 Å². The highest BCUT2D eigenvalue weighted by atomic mass is 79.9. The molecule has 0 fully saturated rings. The first-order valence-corrected chi connectivity index (χ1v) is 8.26. The minimum Gasteiger partial charge on any atom is -0.352 e. The first-order chi connectivity index (χ1) is 8.41. The summed E-state index contributed by atoms with van der Waals surface area (Å²) in [6, 6.07) is 5.06. The number of carbonyl (C=O) groups excluding carboxylic acids is 1. The van der Waals surface area contributed by atoms with Gasteiger partial charge in [0.05, 0.1) is 5.56 Å². The van der Waals surface area contributed by atoms with E-state index in [9.17, 15) is 9.00 Å². The summed E-state index contributed by atoms with van der Waals surface area (Å²) in [5, 5.41) is 3.39. The molecule has 1 aromatic rings. The van der Waals surface area contributed by atoms with Crippen LogP contribution >= 0.6 is 27.5 Å². The van der Waals surface area contributed by atoms with Crippen molar-refractivity contribution in [2.45, 2.75) is 18.6 Å². The summed E-state index contributed by atoms with van der Waals surface area (Å²) in [4.78, 5) is 11.9. The van der Waals surface area contributed by atoms with Crippen molar-refractivity contribution in [3.05, 3.63) is 33.3 Å². The molecule has 3 nitrogen and oxygen atoms in total. The maximum atomic E-state index is 11.9. The zero-order chi connectivity index (χ0) is 13.7. The summed E-state index contributed by atoms with van der Waals surface area (Å²) in [6.45, 7) is 2.40. The van der Waals surface area contributed by atoms with E-state index < -0.39 is 10.8 Å². The molecule has 0 aliphatic heterocycles. The van der Waals surface area contributed by atoms with E-state index in [0.717, 1.165) is 0 Å². The quantitative estimate of drug-likeness (QED) is 0.885. The topological polar surface area (TPSA) is 46.2 Å². The fourth-order valence-electron chi connectivity index (χ4n) is 1.32. The van der Waals surface area contributed by atoms with Crippen molar-refractivity contribution >= 4 is 44.2 Å². The molecule has 0 heterocycles. The summed E-state index contributed by atoms with van der Waals surface area (Å²) >= 11 is 9.15. The molecule has 0 saturated heterocycles. The molecule has 0 bridgehead atoms. The Morgan fingerprint density at radius 3 is 2.83 bits per heavy atom. The molecule has 1 amide bonds. The van der Waals surface area contributed by atoms with Crippen LogP contribution in [0.25, 0.3) is 0 Å². The number of halogens is 2. The van der Waals surface area contributed by atoms with Crippen LogP contribution in [0, 0.1) is 0 Å². The van der Waals surface area contributed by atoms with Gasteiger partial charge in [-0.3, -0.25) is 9.00 Å². The highest BCUT2D eigenvalue weighted by Crippen LogP contribution is 2.20. The molecule has 0 aliphatic rings. The molecule has 1 aromatic carbocycles. The van der Waals surface area contributed by atoms with Crippen molar-refractivity contribution in [3.63, 3.8) is 0 Å². The lowest BCUT2D eigenvalue weighted by Gasteiger charge is -2.10. The SMILES string of the molecule is CC(CCNC(=O)c1cc(Cl)ccc1Br)S(C)=O. The maximum absolute atomic E-state index is 11.9. The summed E-state index contributed by atoms with van der Waals surface area (Å²) in [6.07, 6.45) is 2.35. The number of hydrogen-bond acceptors (Lipinski definition) is 2. The van der Waals surface area contributed by atoms with Crippen LogP contribution in [0.3, 0.4) is 0 Å². The van der Waals surface area contributed by atoms with Gasteiger partial charge in [0.2, 0.25) is 0 Å². The van der Waals surface area contributed by atoms with E-state index in [1.807, 2.05) is 6.92 Å². The van der Waals surface area contributed by atoms with E-state index in [1.165, 1.54) is 0 Å². The Kier molecular flexibility index (Phi) is 6.32. The zero-order valence-corrected chi connectivity index (χ0v) is 13.4. The third-order valence-electron chi connectivity index (χ3n) is 2.58. The smallest absolute Gasteiger partial charge is 0.252 e. The lowest BCUT2D eigenvalue weighted by Crippen LogP contribution is -2.27. The van der Waals surface area contributed by atoms with Crippen LogP contribution in [0.2, 0.25) is 5.02 Å². The predicted molar refractivity (Wildman–Crippen MR) is 79.6 cm³/mol. The van der Waals surface area contributed by atoms with Crippen LogP contribution in [0.4, 0.5) is 0 Å². The van der Waals surface area contributed by atoms with Gasteiger partial charge >= 0.3 is 0 Å². The third kappa shape index (κ3) is 4.71. The normalized spacial score (nSPS) is 14.0. The molecule has 100 valence electrons. The molecule has 2 unspecified atom stereocenters. The van der Waals surface area contributed by atoms with Crippen LogP contribution in [0.5, 0.6) is 0 Å². The summed E-state index contributed by atoms with van der Waals surface area (Å²) in [5.41, 5.74) is 0.507. The fraction of sp³-hybridized carbons (Fsp3) is 0.417. The van der Waals surface area contributed by atoms with Gasteiger partial charge in [-0.25, -0.2) is 0 Å². The number of nitrogens with one attached hydrogen (secondary N) is 1. The number of rotatable bonds is 5. The molecule has 0 radical (unpaired) electrons. The lowest BCUT2D eigenvalue weighted by molar-refractivity contribution is 0.0952. The van der Waals surface area contributed by atoms with Gasteiger partial charge in [0, 0.05) is 38.3 Å². The average Bonchev–Trinajstić information content (AvgIpc) is 2.31. The van der Waals surface area contributed by atoms with E-state index >= 15 is 0 Å². The van der Waals surface area contributed by atoms with Gasteiger partial charge in [-0.2, -0.15) is 0 Å². The summed E-state index contributed by atoms with van der Waals surface area (Å²) in [7, 11) is -0.859. The van der Waals surface area contributed by atoms with Crippen LogP contribution in [-0.2, 0) is 10.8 Å². The van der Waals surface area contributed by atoms with Gasteiger partial charge in [0.25, 0.3) is 5.91 Å². The van der Waals surface area contributed by atoms with Gasteiger partial charge in [0.1, 0.15) is 0 Å². The molecule has 0 saturated carbocycles.